The van der Waals surface area contributed by atoms with Gasteiger partial charge in [-0.3, -0.25) is 4.79 Å². The molecule has 0 bridgehead atoms. The van der Waals surface area contributed by atoms with Crippen LogP contribution in [-0.2, 0) is 16.1 Å². The zero-order chi connectivity index (χ0) is 15.3. The molecule has 0 aromatic heterocycles. The number of hydrogen-bond donors (Lipinski definition) is 1. The normalized spacial score (nSPS) is 16.3. The number of nitrogens with zero attached hydrogens (tertiary/aromatic N) is 1. The number of carbonyl (C=O) groups is 1. The molecule has 1 aliphatic carbocycles. The summed E-state index contributed by atoms with van der Waals surface area (Å²) in [7, 11) is 1.71. The molecule has 2 rings (SSSR count). The van der Waals surface area contributed by atoms with Crippen molar-refractivity contribution in [2.45, 2.75) is 51.2 Å². The fraction of sp³-hybridized carbons (Fsp3) is 0.588. The van der Waals surface area contributed by atoms with Crippen LogP contribution in [-0.4, -0.2) is 25.2 Å². The lowest BCUT2D eigenvalue weighted by atomic mass is 9.77. The summed E-state index contributed by atoms with van der Waals surface area (Å²) in [5, 5.41) is 0. The van der Waals surface area contributed by atoms with Crippen LogP contribution in [0.25, 0.3) is 0 Å². The fourth-order valence-corrected chi connectivity index (χ4v) is 2.83. The molecule has 0 atom stereocenters. The third-order valence-electron chi connectivity index (χ3n) is 4.40. The van der Waals surface area contributed by atoms with E-state index in [1.54, 1.807) is 7.11 Å². The first-order chi connectivity index (χ1) is 10.1. The minimum absolute atomic E-state index is 0.152. The fourth-order valence-electron chi connectivity index (χ4n) is 2.83. The van der Waals surface area contributed by atoms with Gasteiger partial charge in [-0.05, 0) is 43.4 Å². The van der Waals surface area contributed by atoms with E-state index in [0.717, 1.165) is 43.5 Å². The van der Waals surface area contributed by atoms with Gasteiger partial charge in [0.05, 0.1) is 12.0 Å². The Morgan fingerprint density at radius 3 is 2.43 bits per heavy atom. The van der Waals surface area contributed by atoms with Gasteiger partial charge in [-0.1, -0.05) is 19.1 Å². The Hall–Kier alpha value is -1.39. The van der Waals surface area contributed by atoms with Gasteiger partial charge in [-0.25, -0.2) is 0 Å². The number of benzene rings is 1. The van der Waals surface area contributed by atoms with Gasteiger partial charge in [0, 0.05) is 25.9 Å². The van der Waals surface area contributed by atoms with Crippen molar-refractivity contribution in [3.8, 4) is 0 Å². The molecule has 0 aliphatic heterocycles. The van der Waals surface area contributed by atoms with Crippen molar-refractivity contribution in [1.82, 2.24) is 0 Å². The second kappa shape index (κ2) is 7.05. The molecule has 2 N–H and O–H groups in total. The lowest BCUT2D eigenvalue weighted by Gasteiger charge is -2.41. The van der Waals surface area contributed by atoms with E-state index < -0.39 is 0 Å². The van der Waals surface area contributed by atoms with Crippen LogP contribution >= 0.6 is 0 Å². The largest absolute Gasteiger partial charge is 0.378 e. The summed E-state index contributed by atoms with van der Waals surface area (Å²) in [5.41, 5.74) is 7.43. The van der Waals surface area contributed by atoms with E-state index in [1.807, 2.05) is 29.2 Å². The number of nitrogens with two attached hydrogens (primary N) is 1. The molecule has 0 radical (unpaired) electrons. The number of methoxy groups -OCH3 is 1. The first kappa shape index (κ1) is 16.0. The van der Waals surface area contributed by atoms with Gasteiger partial charge < -0.3 is 15.4 Å². The summed E-state index contributed by atoms with van der Waals surface area (Å²) in [6.45, 7) is 3.35. The quantitative estimate of drug-likeness (QED) is 0.840. The maximum atomic E-state index is 12.7. The Balaban J connectivity index is 2.11. The van der Waals surface area contributed by atoms with E-state index in [0.29, 0.717) is 13.0 Å². The van der Waals surface area contributed by atoms with Gasteiger partial charge >= 0.3 is 0 Å². The van der Waals surface area contributed by atoms with Crippen LogP contribution in [0.15, 0.2) is 24.3 Å². The Labute approximate surface area is 127 Å². The lowest BCUT2D eigenvalue weighted by molar-refractivity contribution is -0.131. The second-order valence-corrected chi connectivity index (χ2v) is 5.83. The molecule has 0 heterocycles. The standard InChI is InChI=1S/C17H26N2O2/c1-3-11-19(15-7-5-14(13-18)6-8-15)16(20)12-17(21-2)9-4-10-17/h5-8H,3-4,9-13,18H2,1-2H3. The van der Waals surface area contributed by atoms with Crippen LogP contribution in [0.1, 0.15) is 44.6 Å². The number of hydrogen-bond acceptors (Lipinski definition) is 3. The number of rotatable bonds is 7. The number of carbonyl (C=O) groups excluding carboxylic acids is 1. The van der Waals surface area contributed by atoms with E-state index in [-0.39, 0.29) is 11.5 Å². The number of amides is 1. The smallest absolute Gasteiger partial charge is 0.229 e. The molecule has 1 aromatic carbocycles. The predicted molar refractivity (Wildman–Crippen MR) is 85.2 cm³/mol. The zero-order valence-electron chi connectivity index (χ0n) is 13.1. The number of anilines is 1. The molecule has 1 saturated carbocycles. The third kappa shape index (κ3) is 3.63. The van der Waals surface area contributed by atoms with Crippen LogP contribution in [0.5, 0.6) is 0 Å². The molecule has 21 heavy (non-hydrogen) atoms. The van der Waals surface area contributed by atoms with E-state index in [1.165, 1.54) is 0 Å². The second-order valence-electron chi connectivity index (χ2n) is 5.83. The maximum absolute atomic E-state index is 12.7. The predicted octanol–water partition coefficient (Wildman–Crippen LogP) is 2.85. The SMILES string of the molecule is CCCN(C(=O)CC1(OC)CCC1)c1ccc(CN)cc1. The number of ether oxygens (including phenoxy) is 1. The van der Waals surface area contributed by atoms with E-state index >= 15 is 0 Å². The lowest BCUT2D eigenvalue weighted by Crippen LogP contribution is -2.45. The van der Waals surface area contributed by atoms with E-state index in [2.05, 4.69) is 6.92 Å². The molecule has 116 valence electrons. The van der Waals surface area contributed by atoms with Gasteiger partial charge in [-0.15, -0.1) is 0 Å². The summed E-state index contributed by atoms with van der Waals surface area (Å²) < 4.78 is 5.58. The van der Waals surface area contributed by atoms with E-state index in [9.17, 15) is 4.79 Å². The molecule has 0 saturated heterocycles. The third-order valence-corrected chi connectivity index (χ3v) is 4.40. The Morgan fingerprint density at radius 1 is 1.33 bits per heavy atom. The Bertz CT molecular complexity index is 461. The molecule has 1 aliphatic rings. The molecule has 1 amide bonds. The van der Waals surface area contributed by atoms with Gasteiger partial charge in [-0.2, -0.15) is 0 Å². The van der Waals surface area contributed by atoms with Crippen molar-refractivity contribution in [3.05, 3.63) is 29.8 Å². The Morgan fingerprint density at radius 2 is 2.00 bits per heavy atom. The van der Waals surface area contributed by atoms with Crippen molar-refractivity contribution >= 4 is 11.6 Å². The van der Waals surface area contributed by atoms with Crippen LogP contribution in [0.3, 0.4) is 0 Å². The highest BCUT2D eigenvalue weighted by Crippen LogP contribution is 2.38. The summed E-state index contributed by atoms with van der Waals surface area (Å²) in [4.78, 5) is 14.6. The summed E-state index contributed by atoms with van der Waals surface area (Å²) in [6.07, 6.45) is 4.54. The molecular formula is C17H26N2O2. The Kier molecular flexibility index (Phi) is 5.37. The molecule has 0 unspecified atom stereocenters. The summed E-state index contributed by atoms with van der Waals surface area (Å²) in [6, 6.07) is 7.94. The minimum atomic E-state index is -0.222. The maximum Gasteiger partial charge on any atom is 0.229 e. The molecule has 4 heteroatoms. The van der Waals surface area contributed by atoms with Crippen molar-refractivity contribution < 1.29 is 9.53 Å². The van der Waals surface area contributed by atoms with Crippen LogP contribution in [0.2, 0.25) is 0 Å². The van der Waals surface area contributed by atoms with Gasteiger partial charge in [0.25, 0.3) is 0 Å². The molecule has 1 fully saturated rings. The first-order valence-corrected chi connectivity index (χ1v) is 7.78. The average molecular weight is 290 g/mol. The topological polar surface area (TPSA) is 55.6 Å². The van der Waals surface area contributed by atoms with Crippen molar-refractivity contribution in [1.29, 1.82) is 0 Å². The van der Waals surface area contributed by atoms with Gasteiger partial charge in [0.1, 0.15) is 0 Å². The minimum Gasteiger partial charge on any atom is -0.378 e. The molecule has 1 aromatic rings. The molecule has 4 nitrogen and oxygen atoms in total. The summed E-state index contributed by atoms with van der Waals surface area (Å²) >= 11 is 0. The molecular weight excluding hydrogens is 264 g/mol. The van der Waals surface area contributed by atoms with E-state index in [4.69, 9.17) is 10.5 Å². The van der Waals surface area contributed by atoms with Crippen LogP contribution in [0.4, 0.5) is 5.69 Å². The monoisotopic (exact) mass is 290 g/mol. The van der Waals surface area contributed by atoms with Crippen molar-refractivity contribution in [2.75, 3.05) is 18.6 Å². The highest BCUT2D eigenvalue weighted by molar-refractivity contribution is 5.94. The van der Waals surface area contributed by atoms with Crippen molar-refractivity contribution in [2.24, 2.45) is 5.73 Å². The van der Waals surface area contributed by atoms with Gasteiger partial charge in [0.2, 0.25) is 5.91 Å². The van der Waals surface area contributed by atoms with Crippen LogP contribution in [0, 0.1) is 0 Å². The highest BCUT2D eigenvalue weighted by Gasteiger charge is 2.40. The average Bonchev–Trinajstić information content (AvgIpc) is 2.48. The highest BCUT2D eigenvalue weighted by atomic mass is 16.5. The first-order valence-electron chi connectivity index (χ1n) is 7.78. The summed E-state index contributed by atoms with van der Waals surface area (Å²) in [5.74, 6) is 0.152. The van der Waals surface area contributed by atoms with Gasteiger partial charge in [0.15, 0.2) is 0 Å². The zero-order valence-corrected chi connectivity index (χ0v) is 13.1. The van der Waals surface area contributed by atoms with Crippen molar-refractivity contribution in [3.63, 3.8) is 0 Å². The molecule has 0 spiro atoms. The van der Waals surface area contributed by atoms with Crippen LogP contribution < -0.4 is 10.6 Å².